The molecule has 3 saturated carbocycles. The van der Waals surface area contributed by atoms with Gasteiger partial charge in [0, 0.05) is 18.6 Å². The number of nitrogens with zero attached hydrogens (tertiary/aromatic N) is 3. The molecule has 0 unspecified atom stereocenters. The van der Waals surface area contributed by atoms with E-state index in [1.165, 1.54) is 189 Å². The summed E-state index contributed by atoms with van der Waals surface area (Å²) in [6, 6.07) is 10.0. The van der Waals surface area contributed by atoms with E-state index in [1.54, 1.807) is 18.6 Å². The van der Waals surface area contributed by atoms with E-state index < -0.39 is 0 Å². The zero-order chi connectivity index (χ0) is 40.5. The van der Waals surface area contributed by atoms with Crippen LogP contribution in [0.5, 0.6) is 0 Å². The average molecular weight is 790 g/mol. The van der Waals surface area contributed by atoms with Gasteiger partial charge in [-0.15, -0.1) is 0 Å². The number of halogens is 3. The highest BCUT2D eigenvalue weighted by molar-refractivity contribution is 5.11. The number of hydrogen-bond donors (Lipinski definition) is 0. The molecule has 318 valence electrons. The molecular weight excluding hydrogens is 712 g/mol. The zero-order valence-corrected chi connectivity index (χ0v) is 36.2. The van der Waals surface area contributed by atoms with Gasteiger partial charge >= 0.3 is 0 Å². The van der Waals surface area contributed by atoms with Crippen LogP contribution < -0.4 is 0 Å². The summed E-state index contributed by atoms with van der Waals surface area (Å²) in [5.41, 5.74) is 3.53. The van der Waals surface area contributed by atoms with E-state index >= 15 is 0 Å². The van der Waals surface area contributed by atoms with Crippen molar-refractivity contribution in [1.29, 1.82) is 0 Å². The lowest BCUT2D eigenvalue weighted by Gasteiger charge is -2.28. The molecule has 6 rings (SSSR count). The first kappa shape index (κ1) is 46.9. The monoisotopic (exact) mass is 790 g/mol. The normalized spacial score (nSPS) is 23.5. The summed E-state index contributed by atoms with van der Waals surface area (Å²) in [7, 11) is 0. The number of pyridine rings is 3. The van der Waals surface area contributed by atoms with Crippen molar-refractivity contribution in [3.8, 4) is 0 Å². The van der Waals surface area contributed by atoms with Gasteiger partial charge in [-0.3, -0.25) is 0 Å². The third-order valence-electron chi connectivity index (χ3n) is 13.7. The van der Waals surface area contributed by atoms with E-state index in [2.05, 4.69) is 35.7 Å². The fourth-order valence-corrected chi connectivity index (χ4v) is 9.79. The Morgan fingerprint density at radius 1 is 0.368 bits per heavy atom. The minimum atomic E-state index is -0.376. The molecule has 3 fully saturated rings. The molecule has 3 aromatic heterocycles. The van der Waals surface area contributed by atoms with Gasteiger partial charge < -0.3 is 0 Å². The first-order valence-corrected chi connectivity index (χ1v) is 23.6. The van der Waals surface area contributed by atoms with Gasteiger partial charge in [0.1, 0.15) is 0 Å². The Labute approximate surface area is 346 Å². The number of rotatable bonds is 18. The molecule has 0 N–H and O–H groups in total. The smallest absolute Gasteiger partial charge is 0.212 e. The standard InChI is InChI=1S/C18H28FN.C17H26FN.C16H24FN/c1-2-3-4-5-15-6-8-16(9-7-15)10-11-17-12-13-18(19)20-14-17;1-2-3-4-14-5-7-15(8-6-14)9-10-16-11-12-17(18)19-13-16;1-2-3-13-4-6-14(7-5-13)8-9-15-10-11-16(17)18-12-15/h12-16H,2-11H2,1H3;11-15H,2-10H2,1H3;10-14H,2-9H2,1H3/t;;13-,14-. The molecule has 0 bridgehead atoms. The molecule has 3 aliphatic rings. The molecule has 3 heterocycles. The molecule has 3 nitrogen and oxygen atoms in total. The molecular formula is C51H78F3N3. The summed E-state index contributed by atoms with van der Waals surface area (Å²) in [5.74, 6) is 4.47. The maximum absolute atomic E-state index is 12.7. The van der Waals surface area contributed by atoms with Crippen molar-refractivity contribution >= 4 is 0 Å². The van der Waals surface area contributed by atoms with E-state index in [0.29, 0.717) is 0 Å². The minimum Gasteiger partial charge on any atom is -0.228 e. The molecule has 0 amide bonds. The first-order valence-electron chi connectivity index (χ1n) is 23.6. The predicted octanol–water partition coefficient (Wildman–Crippen LogP) is 15.4. The van der Waals surface area contributed by atoms with Gasteiger partial charge in [-0.05, 0) is 109 Å². The van der Waals surface area contributed by atoms with Crippen LogP contribution in [0.2, 0.25) is 0 Å². The SMILES string of the molecule is CCCCC1CCC(CCc2ccc(F)nc2)CC1.CCCCCC1CCC(CCc2ccc(F)nc2)CC1.CCC[C@H]1CC[C@H](CCc2ccc(F)nc2)CC1. The molecule has 0 saturated heterocycles. The van der Waals surface area contributed by atoms with E-state index in [-0.39, 0.29) is 17.8 Å². The fourth-order valence-electron chi connectivity index (χ4n) is 9.79. The van der Waals surface area contributed by atoms with Crippen LogP contribution in [-0.4, -0.2) is 15.0 Å². The predicted molar refractivity (Wildman–Crippen MR) is 232 cm³/mol. The average Bonchev–Trinajstić information content (AvgIpc) is 3.24. The number of aryl methyl sites for hydroxylation is 3. The number of unbranched alkanes of at least 4 members (excludes halogenated alkanes) is 3. The van der Waals surface area contributed by atoms with Crippen LogP contribution in [0.25, 0.3) is 0 Å². The van der Waals surface area contributed by atoms with Gasteiger partial charge in [0.15, 0.2) is 0 Å². The van der Waals surface area contributed by atoms with Crippen LogP contribution in [0.3, 0.4) is 0 Å². The van der Waals surface area contributed by atoms with Crippen molar-refractivity contribution in [1.82, 2.24) is 15.0 Å². The summed E-state index contributed by atoms with van der Waals surface area (Å²) in [6.45, 7) is 6.84. The molecule has 0 aliphatic heterocycles. The van der Waals surface area contributed by atoms with Crippen molar-refractivity contribution in [2.75, 3.05) is 0 Å². The summed E-state index contributed by atoms with van der Waals surface area (Å²) < 4.78 is 38.1. The summed E-state index contributed by atoms with van der Waals surface area (Å²) in [4.78, 5) is 11.2. The van der Waals surface area contributed by atoms with E-state index in [4.69, 9.17) is 0 Å². The molecule has 0 aromatic carbocycles. The second-order valence-electron chi connectivity index (χ2n) is 18.2. The van der Waals surface area contributed by atoms with Crippen LogP contribution in [0, 0.1) is 53.4 Å². The maximum atomic E-state index is 12.7. The van der Waals surface area contributed by atoms with Crippen molar-refractivity contribution < 1.29 is 13.2 Å². The summed E-state index contributed by atoms with van der Waals surface area (Å²) in [6.07, 6.45) is 41.3. The largest absolute Gasteiger partial charge is 0.228 e. The van der Waals surface area contributed by atoms with E-state index in [0.717, 1.165) is 54.8 Å². The first-order chi connectivity index (χ1) is 27.8. The van der Waals surface area contributed by atoms with Gasteiger partial charge in [0.05, 0.1) is 0 Å². The molecule has 0 spiro atoms. The van der Waals surface area contributed by atoms with Gasteiger partial charge in [-0.25, -0.2) is 15.0 Å². The van der Waals surface area contributed by atoms with Gasteiger partial charge in [0.2, 0.25) is 17.8 Å². The lowest BCUT2D eigenvalue weighted by atomic mass is 9.78. The third-order valence-corrected chi connectivity index (χ3v) is 13.7. The Balaban J connectivity index is 0.000000190. The topological polar surface area (TPSA) is 38.7 Å². The van der Waals surface area contributed by atoms with Crippen LogP contribution in [0.15, 0.2) is 55.0 Å². The number of hydrogen-bond acceptors (Lipinski definition) is 3. The Hall–Kier alpha value is -2.76. The van der Waals surface area contributed by atoms with Crippen LogP contribution in [-0.2, 0) is 19.3 Å². The second kappa shape index (κ2) is 27.8. The van der Waals surface area contributed by atoms with Gasteiger partial charge in [-0.2, -0.15) is 13.2 Å². The minimum absolute atomic E-state index is 0.374. The molecule has 57 heavy (non-hydrogen) atoms. The quantitative estimate of drug-likeness (QED) is 0.0952. The van der Waals surface area contributed by atoms with Crippen LogP contribution in [0.1, 0.15) is 192 Å². The van der Waals surface area contributed by atoms with Crippen molar-refractivity contribution in [3.05, 3.63) is 89.5 Å². The number of aromatic nitrogens is 3. The van der Waals surface area contributed by atoms with Crippen molar-refractivity contribution in [2.24, 2.45) is 35.5 Å². The lowest BCUT2D eigenvalue weighted by molar-refractivity contribution is 0.249. The van der Waals surface area contributed by atoms with Crippen LogP contribution >= 0.6 is 0 Å². The Bertz CT molecular complexity index is 1410. The van der Waals surface area contributed by atoms with E-state index in [1.807, 2.05) is 18.2 Å². The Kier molecular flexibility index (Phi) is 22.9. The van der Waals surface area contributed by atoms with Crippen molar-refractivity contribution in [2.45, 2.75) is 194 Å². The second-order valence-corrected chi connectivity index (χ2v) is 18.2. The Morgan fingerprint density at radius 2 is 0.667 bits per heavy atom. The fraction of sp³-hybridized carbons (Fsp3) is 0.706. The Morgan fingerprint density at radius 3 is 0.947 bits per heavy atom. The van der Waals surface area contributed by atoms with Crippen LogP contribution in [0.4, 0.5) is 13.2 Å². The maximum Gasteiger partial charge on any atom is 0.212 e. The molecule has 6 heteroatoms. The zero-order valence-electron chi connectivity index (χ0n) is 36.2. The molecule has 0 radical (unpaired) electrons. The third kappa shape index (κ3) is 19.7. The highest BCUT2D eigenvalue weighted by atomic mass is 19.1. The lowest BCUT2D eigenvalue weighted by Crippen LogP contribution is -2.15. The van der Waals surface area contributed by atoms with Gasteiger partial charge in [0.25, 0.3) is 0 Å². The van der Waals surface area contributed by atoms with E-state index in [9.17, 15) is 13.2 Å². The summed E-state index contributed by atoms with van der Waals surface area (Å²) >= 11 is 0. The van der Waals surface area contributed by atoms with Crippen molar-refractivity contribution in [3.63, 3.8) is 0 Å². The highest BCUT2D eigenvalue weighted by Crippen LogP contribution is 2.36. The molecule has 0 atom stereocenters. The van der Waals surface area contributed by atoms with Gasteiger partial charge in [-0.1, -0.05) is 174 Å². The molecule has 3 aliphatic carbocycles. The highest BCUT2D eigenvalue weighted by Gasteiger charge is 2.22. The summed E-state index contributed by atoms with van der Waals surface area (Å²) in [5, 5.41) is 0. The molecule has 3 aromatic rings.